The number of para-hydroxylation sites is 1. The lowest BCUT2D eigenvalue weighted by Crippen LogP contribution is -2.40. The molecule has 1 aliphatic rings. The molecule has 1 fully saturated rings. The maximum absolute atomic E-state index is 12.1. The minimum absolute atomic E-state index is 0.318. The molecular formula is C10H11N3O5S. The maximum Gasteiger partial charge on any atom is 0.289 e. The quantitative estimate of drug-likeness (QED) is 0.584. The molecule has 1 amide bonds. The van der Waals surface area contributed by atoms with Crippen LogP contribution >= 0.6 is 0 Å². The number of hydrogen-bond acceptors (Lipinski definition) is 5. The number of nitrogens with one attached hydrogen (secondary N) is 2. The molecule has 9 heteroatoms. The van der Waals surface area contributed by atoms with Crippen molar-refractivity contribution in [1.29, 1.82) is 0 Å². The third-order valence-corrected chi connectivity index (χ3v) is 4.22. The Labute approximate surface area is 109 Å². The van der Waals surface area contributed by atoms with Gasteiger partial charge in [-0.1, -0.05) is 12.1 Å². The molecule has 0 aliphatic carbocycles. The van der Waals surface area contributed by atoms with E-state index in [0.717, 1.165) is 12.1 Å². The van der Waals surface area contributed by atoms with Crippen molar-refractivity contribution >= 4 is 21.6 Å². The summed E-state index contributed by atoms with van der Waals surface area (Å²) >= 11 is 0. The van der Waals surface area contributed by atoms with Crippen LogP contribution < -0.4 is 10.0 Å². The van der Waals surface area contributed by atoms with Crippen LogP contribution in [0.25, 0.3) is 0 Å². The van der Waals surface area contributed by atoms with E-state index >= 15 is 0 Å². The van der Waals surface area contributed by atoms with Crippen LogP contribution in [0.3, 0.4) is 0 Å². The molecule has 19 heavy (non-hydrogen) atoms. The molecule has 0 aromatic heterocycles. The van der Waals surface area contributed by atoms with Crippen molar-refractivity contribution in [2.75, 3.05) is 6.54 Å². The van der Waals surface area contributed by atoms with Crippen LogP contribution in [0.1, 0.15) is 6.42 Å². The topological polar surface area (TPSA) is 118 Å². The Morgan fingerprint density at radius 2 is 2.05 bits per heavy atom. The van der Waals surface area contributed by atoms with Crippen LogP contribution in [0.15, 0.2) is 29.2 Å². The fourth-order valence-electron chi connectivity index (χ4n) is 1.79. The molecular weight excluding hydrogens is 274 g/mol. The Kier molecular flexibility index (Phi) is 3.49. The molecule has 1 aromatic rings. The summed E-state index contributed by atoms with van der Waals surface area (Å²) in [6.45, 7) is 0.378. The molecule has 0 unspecified atom stereocenters. The van der Waals surface area contributed by atoms with Crippen molar-refractivity contribution in [3.05, 3.63) is 34.4 Å². The second-order valence-electron chi connectivity index (χ2n) is 3.98. The number of rotatable bonds is 4. The van der Waals surface area contributed by atoms with Crippen molar-refractivity contribution in [2.45, 2.75) is 17.4 Å². The SMILES string of the molecule is O=C1NCC[C@@H]1NS(=O)(=O)c1ccccc1[N+](=O)[O-]. The number of benzene rings is 1. The zero-order valence-corrected chi connectivity index (χ0v) is 10.5. The molecule has 1 atom stereocenters. The summed E-state index contributed by atoms with van der Waals surface area (Å²) in [5.41, 5.74) is -0.520. The molecule has 2 N–H and O–H groups in total. The number of carbonyl (C=O) groups excluding carboxylic acids is 1. The Balaban J connectivity index is 2.34. The second kappa shape index (κ2) is 4.94. The standard InChI is InChI=1S/C10H11N3O5S/c14-10-7(5-6-11-10)12-19(17,18)9-4-2-1-3-8(9)13(15)16/h1-4,7,12H,5-6H2,(H,11,14)/t7-/m0/s1. The van der Waals surface area contributed by atoms with Gasteiger partial charge in [-0.25, -0.2) is 8.42 Å². The van der Waals surface area contributed by atoms with Crippen LogP contribution in [0.4, 0.5) is 5.69 Å². The van der Waals surface area contributed by atoms with Crippen molar-refractivity contribution in [2.24, 2.45) is 0 Å². The molecule has 0 saturated carbocycles. The van der Waals surface area contributed by atoms with Crippen LogP contribution in [-0.2, 0) is 14.8 Å². The van der Waals surface area contributed by atoms with Gasteiger partial charge in [-0.2, -0.15) is 4.72 Å². The molecule has 1 aromatic carbocycles. The first kappa shape index (κ1) is 13.4. The highest BCUT2D eigenvalue weighted by molar-refractivity contribution is 7.89. The number of sulfonamides is 1. The Hall–Kier alpha value is -2.00. The number of hydrogen-bond donors (Lipinski definition) is 2. The molecule has 0 radical (unpaired) electrons. The van der Waals surface area contributed by atoms with Gasteiger partial charge >= 0.3 is 0 Å². The minimum Gasteiger partial charge on any atom is -0.355 e. The van der Waals surface area contributed by atoms with Gasteiger partial charge < -0.3 is 5.32 Å². The molecule has 0 spiro atoms. The van der Waals surface area contributed by atoms with Crippen molar-refractivity contribution in [3.63, 3.8) is 0 Å². The van der Waals surface area contributed by atoms with E-state index in [4.69, 9.17) is 0 Å². The van der Waals surface area contributed by atoms with Gasteiger partial charge in [0.1, 0.15) is 6.04 Å². The molecule has 1 aliphatic heterocycles. The smallest absolute Gasteiger partial charge is 0.289 e. The summed E-state index contributed by atoms with van der Waals surface area (Å²) < 4.78 is 26.3. The lowest BCUT2D eigenvalue weighted by Gasteiger charge is -2.10. The maximum atomic E-state index is 12.1. The summed E-state index contributed by atoms with van der Waals surface area (Å²) in [5, 5.41) is 13.3. The molecule has 102 valence electrons. The van der Waals surface area contributed by atoms with Gasteiger partial charge in [-0.3, -0.25) is 14.9 Å². The van der Waals surface area contributed by atoms with Crippen molar-refractivity contribution in [1.82, 2.24) is 10.0 Å². The normalized spacial score (nSPS) is 19.2. The zero-order valence-electron chi connectivity index (χ0n) is 9.70. The van der Waals surface area contributed by atoms with Gasteiger partial charge in [-0.15, -0.1) is 0 Å². The number of amides is 1. The van der Waals surface area contributed by atoms with E-state index < -0.39 is 37.5 Å². The van der Waals surface area contributed by atoms with Crippen LogP contribution in [0.2, 0.25) is 0 Å². The van der Waals surface area contributed by atoms with E-state index in [9.17, 15) is 23.3 Å². The zero-order chi connectivity index (χ0) is 14.0. The molecule has 0 bridgehead atoms. The van der Waals surface area contributed by atoms with Crippen LogP contribution in [0.5, 0.6) is 0 Å². The number of carbonyl (C=O) groups is 1. The second-order valence-corrected chi connectivity index (χ2v) is 5.66. The third kappa shape index (κ3) is 2.71. The first-order valence-electron chi connectivity index (χ1n) is 5.45. The van der Waals surface area contributed by atoms with Gasteiger partial charge in [0.15, 0.2) is 4.90 Å². The summed E-state index contributed by atoms with van der Waals surface area (Å²) in [7, 11) is -4.10. The predicted molar refractivity (Wildman–Crippen MR) is 64.8 cm³/mol. The summed E-state index contributed by atoms with van der Waals surface area (Å²) in [6.07, 6.45) is 0.318. The molecule has 1 heterocycles. The average molecular weight is 285 g/mol. The van der Waals surface area contributed by atoms with Crippen molar-refractivity contribution < 1.29 is 18.1 Å². The average Bonchev–Trinajstić information content (AvgIpc) is 2.74. The number of nitro benzene ring substituents is 1. The fraction of sp³-hybridized carbons (Fsp3) is 0.300. The van der Waals surface area contributed by atoms with Gasteiger partial charge in [0.25, 0.3) is 5.69 Å². The lowest BCUT2D eigenvalue weighted by molar-refractivity contribution is -0.387. The molecule has 8 nitrogen and oxygen atoms in total. The van der Waals surface area contributed by atoms with E-state index in [0.29, 0.717) is 13.0 Å². The van der Waals surface area contributed by atoms with E-state index in [1.165, 1.54) is 12.1 Å². The monoisotopic (exact) mass is 285 g/mol. The van der Waals surface area contributed by atoms with Gasteiger partial charge in [0.05, 0.1) is 4.92 Å². The van der Waals surface area contributed by atoms with Gasteiger partial charge in [0.2, 0.25) is 15.9 Å². The Morgan fingerprint density at radius 1 is 1.37 bits per heavy atom. The summed E-state index contributed by atoms with van der Waals surface area (Å²) in [6, 6.07) is 4.11. The Morgan fingerprint density at radius 3 is 2.63 bits per heavy atom. The van der Waals surface area contributed by atoms with E-state index in [1.807, 2.05) is 0 Å². The first-order valence-corrected chi connectivity index (χ1v) is 6.93. The first-order chi connectivity index (χ1) is 8.92. The summed E-state index contributed by atoms with van der Waals surface area (Å²) in [5.74, 6) is -0.429. The lowest BCUT2D eigenvalue weighted by atomic mass is 10.3. The number of nitro groups is 1. The van der Waals surface area contributed by atoms with Gasteiger partial charge in [0, 0.05) is 12.6 Å². The molecule has 2 rings (SSSR count). The van der Waals surface area contributed by atoms with E-state index in [2.05, 4.69) is 10.0 Å². The molecule has 1 saturated heterocycles. The predicted octanol–water partition coefficient (Wildman–Crippen LogP) is -0.238. The minimum atomic E-state index is -4.10. The van der Waals surface area contributed by atoms with E-state index in [-0.39, 0.29) is 0 Å². The van der Waals surface area contributed by atoms with Crippen molar-refractivity contribution in [3.8, 4) is 0 Å². The highest BCUT2D eigenvalue weighted by atomic mass is 32.2. The highest BCUT2D eigenvalue weighted by Gasteiger charge is 2.32. The number of nitrogens with zero attached hydrogens (tertiary/aromatic N) is 1. The third-order valence-electron chi connectivity index (χ3n) is 2.70. The van der Waals surface area contributed by atoms with Crippen LogP contribution in [-0.4, -0.2) is 31.8 Å². The Bertz CT molecular complexity index is 628. The highest BCUT2D eigenvalue weighted by Crippen LogP contribution is 2.23. The van der Waals surface area contributed by atoms with Crippen LogP contribution in [0, 0.1) is 10.1 Å². The summed E-state index contributed by atoms with van der Waals surface area (Å²) in [4.78, 5) is 20.9. The largest absolute Gasteiger partial charge is 0.355 e. The van der Waals surface area contributed by atoms with E-state index in [1.54, 1.807) is 0 Å². The fourth-order valence-corrected chi connectivity index (χ4v) is 3.19. The van der Waals surface area contributed by atoms with Gasteiger partial charge in [-0.05, 0) is 12.5 Å².